The second kappa shape index (κ2) is 5.11. The van der Waals surface area contributed by atoms with Crippen LogP contribution < -0.4 is 10.6 Å². The summed E-state index contributed by atoms with van der Waals surface area (Å²) in [7, 11) is 0. The van der Waals surface area contributed by atoms with Crippen molar-refractivity contribution >= 4 is 5.82 Å². The number of aryl methyl sites for hydroxylation is 1. The summed E-state index contributed by atoms with van der Waals surface area (Å²) in [6, 6.07) is 2.60. The van der Waals surface area contributed by atoms with Gasteiger partial charge in [-0.3, -0.25) is 0 Å². The highest BCUT2D eigenvalue weighted by molar-refractivity contribution is 5.56. The number of aromatic nitrogens is 2. The van der Waals surface area contributed by atoms with Crippen LogP contribution in [0.3, 0.4) is 0 Å². The molecule has 0 spiro atoms. The Morgan fingerprint density at radius 1 is 1.29 bits per heavy atom. The number of hydrogen-bond acceptors (Lipinski definition) is 5. The van der Waals surface area contributed by atoms with Gasteiger partial charge >= 0.3 is 0 Å². The molecule has 90 valence electrons. The van der Waals surface area contributed by atoms with Crippen LogP contribution in [0.2, 0.25) is 0 Å². The Morgan fingerprint density at radius 2 is 2.00 bits per heavy atom. The van der Waals surface area contributed by atoms with Crippen LogP contribution >= 0.6 is 0 Å². The first-order chi connectivity index (χ1) is 8.22. The first-order valence-electron chi connectivity index (χ1n) is 5.93. The standard InChI is InChI=1S/C12H17N5/c1-8-9(2)16-17-12(11(8)7-13)15-10-3-5-14-6-4-10/h10,14H,3-6H2,1-2H3,(H,15,17). The molecule has 0 amide bonds. The maximum atomic E-state index is 9.18. The molecular weight excluding hydrogens is 214 g/mol. The molecule has 0 aromatic carbocycles. The molecule has 0 saturated carbocycles. The Hall–Kier alpha value is -1.67. The fourth-order valence-electron chi connectivity index (χ4n) is 2.01. The summed E-state index contributed by atoms with van der Waals surface area (Å²) in [5, 5.41) is 24.0. The molecule has 1 saturated heterocycles. The van der Waals surface area contributed by atoms with E-state index in [-0.39, 0.29) is 0 Å². The van der Waals surface area contributed by atoms with Crippen molar-refractivity contribution in [2.75, 3.05) is 18.4 Å². The molecule has 0 aliphatic carbocycles. The fourth-order valence-corrected chi connectivity index (χ4v) is 2.01. The Kier molecular flexibility index (Phi) is 3.55. The maximum absolute atomic E-state index is 9.18. The van der Waals surface area contributed by atoms with Crippen LogP contribution in [0.1, 0.15) is 29.7 Å². The zero-order chi connectivity index (χ0) is 12.3. The van der Waals surface area contributed by atoms with Crippen molar-refractivity contribution < 1.29 is 0 Å². The monoisotopic (exact) mass is 231 g/mol. The van der Waals surface area contributed by atoms with Crippen LogP contribution in [-0.4, -0.2) is 29.3 Å². The molecule has 0 radical (unpaired) electrons. The quantitative estimate of drug-likeness (QED) is 0.798. The molecule has 0 atom stereocenters. The molecule has 2 rings (SSSR count). The van der Waals surface area contributed by atoms with Crippen molar-refractivity contribution in [3.8, 4) is 6.07 Å². The molecule has 17 heavy (non-hydrogen) atoms. The van der Waals surface area contributed by atoms with Crippen molar-refractivity contribution in [3.05, 3.63) is 16.8 Å². The number of nitrogens with zero attached hydrogens (tertiary/aromatic N) is 3. The Labute approximate surface area is 101 Å². The number of hydrogen-bond donors (Lipinski definition) is 2. The van der Waals surface area contributed by atoms with E-state index in [0.717, 1.165) is 37.2 Å². The minimum atomic E-state index is 0.389. The summed E-state index contributed by atoms with van der Waals surface area (Å²) in [6.07, 6.45) is 2.11. The van der Waals surface area contributed by atoms with Gasteiger partial charge in [0.2, 0.25) is 0 Å². The Morgan fingerprint density at radius 3 is 2.65 bits per heavy atom. The van der Waals surface area contributed by atoms with Gasteiger partial charge in [0, 0.05) is 6.04 Å². The van der Waals surface area contributed by atoms with Crippen LogP contribution in [0, 0.1) is 25.2 Å². The van der Waals surface area contributed by atoms with E-state index in [4.69, 9.17) is 0 Å². The molecule has 1 aromatic rings. The van der Waals surface area contributed by atoms with Crippen LogP contribution in [-0.2, 0) is 0 Å². The van der Waals surface area contributed by atoms with Crippen molar-refractivity contribution in [1.82, 2.24) is 15.5 Å². The van der Waals surface area contributed by atoms with Gasteiger partial charge in [-0.2, -0.15) is 10.4 Å². The zero-order valence-corrected chi connectivity index (χ0v) is 10.2. The van der Waals surface area contributed by atoms with Crippen molar-refractivity contribution in [2.45, 2.75) is 32.7 Å². The van der Waals surface area contributed by atoms with Gasteiger partial charge < -0.3 is 10.6 Å². The summed E-state index contributed by atoms with van der Waals surface area (Å²) in [5.74, 6) is 0.627. The molecule has 1 aliphatic rings. The topological polar surface area (TPSA) is 73.6 Å². The molecule has 1 aromatic heterocycles. The second-order valence-electron chi connectivity index (χ2n) is 4.41. The van der Waals surface area contributed by atoms with E-state index in [2.05, 4.69) is 26.9 Å². The van der Waals surface area contributed by atoms with Crippen molar-refractivity contribution in [3.63, 3.8) is 0 Å². The normalized spacial score (nSPS) is 16.5. The van der Waals surface area contributed by atoms with Gasteiger partial charge in [0.1, 0.15) is 11.6 Å². The summed E-state index contributed by atoms with van der Waals surface area (Å²) < 4.78 is 0. The van der Waals surface area contributed by atoms with Gasteiger partial charge in [0.05, 0.1) is 5.69 Å². The van der Waals surface area contributed by atoms with Crippen LogP contribution in [0.25, 0.3) is 0 Å². The first kappa shape index (κ1) is 11.8. The third kappa shape index (κ3) is 2.53. The molecular formula is C12H17N5. The number of anilines is 1. The van der Waals surface area contributed by atoms with Crippen molar-refractivity contribution in [1.29, 1.82) is 5.26 Å². The Balaban J connectivity index is 2.20. The number of nitriles is 1. The predicted octanol–water partition coefficient (Wildman–Crippen LogP) is 1.13. The molecule has 1 fully saturated rings. The molecule has 1 aliphatic heterocycles. The summed E-state index contributed by atoms with van der Waals surface area (Å²) in [4.78, 5) is 0. The molecule has 2 heterocycles. The van der Waals surface area contributed by atoms with E-state index in [1.54, 1.807) is 0 Å². The lowest BCUT2D eigenvalue weighted by molar-refractivity contribution is 0.477. The van der Waals surface area contributed by atoms with Crippen LogP contribution in [0.15, 0.2) is 0 Å². The molecule has 5 heteroatoms. The highest BCUT2D eigenvalue weighted by Gasteiger charge is 2.17. The lowest BCUT2D eigenvalue weighted by Crippen LogP contribution is -2.35. The highest BCUT2D eigenvalue weighted by atomic mass is 15.2. The Bertz CT molecular complexity index is 443. The summed E-state index contributed by atoms with van der Waals surface area (Å²) in [6.45, 7) is 5.81. The highest BCUT2D eigenvalue weighted by Crippen LogP contribution is 2.19. The molecule has 0 bridgehead atoms. The maximum Gasteiger partial charge on any atom is 0.167 e. The minimum Gasteiger partial charge on any atom is -0.365 e. The van der Waals surface area contributed by atoms with Gasteiger partial charge in [0.25, 0.3) is 0 Å². The van der Waals surface area contributed by atoms with E-state index >= 15 is 0 Å². The SMILES string of the molecule is Cc1nnc(NC2CCNCC2)c(C#N)c1C. The van der Waals surface area contributed by atoms with Gasteiger partial charge in [-0.15, -0.1) is 5.10 Å². The van der Waals surface area contributed by atoms with Gasteiger partial charge in [0.15, 0.2) is 5.82 Å². The van der Waals surface area contributed by atoms with E-state index in [1.807, 2.05) is 13.8 Å². The van der Waals surface area contributed by atoms with E-state index in [9.17, 15) is 5.26 Å². The van der Waals surface area contributed by atoms with E-state index < -0.39 is 0 Å². The zero-order valence-electron chi connectivity index (χ0n) is 10.2. The second-order valence-corrected chi connectivity index (χ2v) is 4.41. The molecule has 0 unspecified atom stereocenters. The third-order valence-corrected chi connectivity index (χ3v) is 3.25. The van der Waals surface area contributed by atoms with E-state index in [0.29, 0.717) is 17.4 Å². The fraction of sp³-hybridized carbons (Fsp3) is 0.583. The van der Waals surface area contributed by atoms with Crippen LogP contribution in [0.4, 0.5) is 5.82 Å². The average Bonchev–Trinajstić information content (AvgIpc) is 2.36. The lowest BCUT2D eigenvalue weighted by Gasteiger charge is -2.24. The van der Waals surface area contributed by atoms with Gasteiger partial charge in [-0.05, 0) is 45.3 Å². The lowest BCUT2D eigenvalue weighted by atomic mass is 10.1. The van der Waals surface area contributed by atoms with Crippen LogP contribution in [0.5, 0.6) is 0 Å². The first-order valence-corrected chi connectivity index (χ1v) is 5.93. The van der Waals surface area contributed by atoms with Gasteiger partial charge in [-0.25, -0.2) is 0 Å². The van der Waals surface area contributed by atoms with Crippen molar-refractivity contribution in [2.24, 2.45) is 0 Å². The summed E-state index contributed by atoms with van der Waals surface area (Å²) in [5.41, 5.74) is 2.35. The largest absolute Gasteiger partial charge is 0.365 e. The number of nitrogens with one attached hydrogen (secondary N) is 2. The number of rotatable bonds is 2. The third-order valence-electron chi connectivity index (χ3n) is 3.25. The van der Waals surface area contributed by atoms with Gasteiger partial charge in [-0.1, -0.05) is 0 Å². The minimum absolute atomic E-state index is 0.389. The summed E-state index contributed by atoms with van der Waals surface area (Å²) >= 11 is 0. The molecule has 5 nitrogen and oxygen atoms in total. The predicted molar refractivity (Wildman–Crippen MR) is 65.7 cm³/mol. The molecule has 2 N–H and O–H groups in total. The van der Waals surface area contributed by atoms with E-state index in [1.165, 1.54) is 0 Å². The smallest absolute Gasteiger partial charge is 0.167 e. The number of piperidine rings is 1. The average molecular weight is 231 g/mol.